The van der Waals surface area contributed by atoms with E-state index < -0.39 is 5.54 Å². The van der Waals surface area contributed by atoms with Gasteiger partial charge in [-0.3, -0.25) is 4.79 Å². The summed E-state index contributed by atoms with van der Waals surface area (Å²) in [6, 6.07) is 9.45. The molecule has 122 valence electrons. The van der Waals surface area contributed by atoms with Gasteiger partial charge >= 0.3 is 0 Å². The predicted octanol–water partition coefficient (Wildman–Crippen LogP) is 3.61. The lowest BCUT2D eigenvalue weighted by Gasteiger charge is -2.23. The fourth-order valence-corrected chi connectivity index (χ4v) is 3.95. The highest BCUT2D eigenvalue weighted by molar-refractivity contribution is 7.15. The molecule has 1 unspecified atom stereocenters. The monoisotopic (exact) mass is 329 g/mol. The molecule has 3 rings (SSSR count). The highest BCUT2D eigenvalue weighted by atomic mass is 32.1. The summed E-state index contributed by atoms with van der Waals surface area (Å²) in [5.74, 6) is -0.217. The maximum Gasteiger partial charge on any atom is 0.250 e. The topological polar surface area (TPSA) is 68.0 Å². The van der Waals surface area contributed by atoms with Crippen molar-refractivity contribution in [3.8, 4) is 0 Å². The number of thiazole rings is 1. The zero-order chi connectivity index (χ0) is 16.3. The van der Waals surface area contributed by atoms with Crippen LogP contribution in [0.3, 0.4) is 0 Å². The second kappa shape index (κ2) is 6.81. The van der Waals surface area contributed by atoms with E-state index in [4.69, 9.17) is 5.73 Å². The largest absolute Gasteiger partial charge is 0.314 e. The molecule has 0 fully saturated rings. The van der Waals surface area contributed by atoms with Crippen LogP contribution in [0.1, 0.15) is 48.7 Å². The van der Waals surface area contributed by atoms with Crippen LogP contribution in [0.4, 0.5) is 5.13 Å². The molecule has 1 aromatic heterocycles. The Bertz CT molecular complexity index is 653. The first-order valence-corrected chi connectivity index (χ1v) is 9.03. The Hall–Kier alpha value is -1.72. The molecule has 23 heavy (non-hydrogen) atoms. The van der Waals surface area contributed by atoms with Gasteiger partial charge in [-0.15, -0.1) is 11.3 Å². The Morgan fingerprint density at radius 2 is 1.87 bits per heavy atom. The highest BCUT2D eigenvalue weighted by Crippen LogP contribution is 2.29. The standard InChI is InChI=1S/C18H23N3OS/c1-18(19,13-9-5-4-6-10-13)16(22)21-17-20-14-11-7-2-3-8-12-15(14)23-17/h4-6,9-10H,2-3,7-8,11-12,19H2,1H3,(H,20,21,22). The molecule has 0 radical (unpaired) electrons. The van der Waals surface area contributed by atoms with Crippen LogP contribution >= 0.6 is 11.3 Å². The molecule has 0 aliphatic heterocycles. The average molecular weight is 329 g/mol. The molecule has 1 aliphatic carbocycles. The van der Waals surface area contributed by atoms with Crippen molar-refractivity contribution in [3.05, 3.63) is 46.5 Å². The molecule has 1 aromatic carbocycles. The summed E-state index contributed by atoms with van der Waals surface area (Å²) in [5, 5.41) is 3.60. The van der Waals surface area contributed by atoms with Crippen LogP contribution in [0.15, 0.2) is 30.3 Å². The number of hydrogen-bond donors (Lipinski definition) is 2. The summed E-state index contributed by atoms with van der Waals surface area (Å²) in [7, 11) is 0. The molecule has 1 heterocycles. The molecule has 1 amide bonds. The Morgan fingerprint density at radius 3 is 2.61 bits per heavy atom. The van der Waals surface area contributed by atoms with Crippen molar-refractivity contribution in [1.82, 2.24) is 4.98 Å². The first-order chi connectivity index (χ1) is 11.1. The van der Waals surface area contributed by atoms with Crippen molar-refractivity contribution in [2.24, 2.45) is 5.73 Å². The predicted molar refractivity (Wildman–Crippen MR) is 94.6 cm³/mol. The molecule has 2 aromatic rings. The van der Waals surface area contributed by atoms with E-state index in [1.165, 1.54) is 30.6 Å². The maximum atomic E-state index is 12.6. The van der Waals surface area contributed by atoms with Gasteiger partial charge in [0.15, 0.2) is 5.13 Å². The lowest BCUT2D eigenvalue weighted by molar-refractivity contribution is -0.120. The van der Waals surface area contributed by atoms with E-state index in [0.29, 0.717) is 5.13 Å². The summed E-state index contributed by atoms with van der Waals surface area (Å²) >= 11 is 1.60. The number of rotatable bonds is 3. The number of amides is 1. The van der Waals surface area contributed by atoms with E-state index in [2.05, 4.69) is 10.3 Å². The van der Waals surface area contributed by atoms with Gasteiger partial charge in [-0.1, -0.05) is 43.2 Å². The van der Waals surface area contributed by atoms with Crippen molar-refractivity contribution in [1.29, 1.82) is 0 Å². The number of nitrogens with one attached hydrogen (secondary N) is 1. The Labute approximate surface area is 141 Å². The van der Waals surface area contributed by atoms with Crippen LogP contribution in [0.5, 0.6) is 0 Å². The van der Waals surface area contributed by atoms with Gasteiger partial charge < -0.3 is 11.1 Å². The van der Waals surface area contributed by atoms with E-state index in [9.17, 15) is 4.79 Å². The number of anilines is 1. The van der Waals surface area contributed by atoms with Crippen LogP contribution in [-0.2, 0) is 23.2 Å². The van der Waals surface area contributed by atoms with Gasteiger partial charge in [-0.2, -0.15) is 0 Å². The van der Waals surface area contributed by atoms with Crippen LogP contribution < -0.4 is 11.1 Å². The van der Waals surface area contributed by atoms with E-state index >= 15 is 0 Å². The Morgan fingerprint density at radius 1 is 1.17 bits per heavy atom. The van der Waals surface area contributed by atoms with E-state index in [1.54, 1.807) is 18.3 Å². The normalized spacial score (nSPS) is 17.5. The number of nitrogens with two attached hydrogens (primary N) is 1. The minimum Gasteiger partial charge on any atom is -0.314 e. The summed E-state index contributed by atoms with van der Waals surface area (Å²) in [6.45, 7) is 1.74. The number of fused-ring (bicyclic) bond motifs is 1. The number of hydrogen-bond acceptors (Lipinski definition) is 4. The third kappa shape index (κ3) is 3.62. The summed E-state index contributed by atoms with van der Waals surface area (Å²) in [6.07, 6.45) is 7.03. The molecular formula is C18H23N3OS. The van der Waals surface area contributed by atoms with Gasteiger partial charge in [0.2, 0.25) is 0 Å². The molecule has 0 saturated heterocycles. The van der Waals surface area contributed by atoms with Gasteiger partial charge in [0, 0.05) is 4.88 Å². The van der Waals surface area contributed by atoms with Gasteiger partial charge in [0.1, 0.15) is 5.54 Å². The van der Waals surface area contributed by atoms with Gasteiger partial charge in [-0.05, 0) is 38.2 Å². The number of benzene rings is 1. The maximum absolute atomic E-state index is 12.6. The highest BCUT2D eigenvalue weighted by Gasteiger charge is 2.31. The lowest BCUT2D eigenvalue weighted by atomic mass is 9.92. The number of nitrogens with zero attached hydrogens (tertiary/aromatic N) is 1. The van der Waals surface area contributed by atoms with Crippen molar-refractivity contribution in [2.75, 3.05) is 5.32 Å². The van der Waals surface area contributed by atoms with Crippen molar-refractivity contribution < 1.29 is 4.79 Å². The van der Waals surface area contributed by atoms with E-state index in [1.807, 2.05) is 30.3 Å². The second-order valence-electron chi connectivity index (χ2n) is 6.33. The van der Waals surface area contributed by atoms with Crippen LogP contribution in [0, 0.1) is 0 Å². The second-order valence-corrected chi connectivity index (χ2v) is 7.41. The molecule has 0 saturated carbocycles. The van der Waals surface area contributed by atoms with E-state index in [0.717, 1.165) is 24.1 Å². The Balaban J connectivity index is 1.76. The first kappa shape index (κ1) is 16.1. The quantitative estimate of drug-likeness (QED) is 0.904. The zero-order valence-corrected chi connectivity index (χ0v) is 14.3. The summed E-state index contributed by atoms with van der Waals surface area (Å²) < 4.78 is 0. The molecular weight excluding hydrogens is 306 g/mol. The van der Waals surface area contributed by atoms with Crippen molar-refractivity contribution in [2.45, 2.75) is 51.0 Å². The minimum atomic E-state index is -1.07. The number of aromatic nitrogens is 1. The Kier molecular flexibility index (Phi) is 4.78. The zero-order valence-electron chi connectivity index (χ0n) is 13.5. The molecule has 4 nitrogen and oxygen atoms in total. The van der Waals surface area contributed by atoms with Crippen LogP contribution in [-0.4, -0.2) is 10.9 Å². The fourth-order valence-electron chi connectivity index (χ4n) is 2.90. The first-order valence-electron chi connectivity index (χ1n) is 8.22. The van der Waals surface area contributed by atoms with Crippen molar-refractivity contribution in [3.63, 3.8) is 0 Å². The van der Waals surface area contributed by atoms with Crippen LogP contribution in [0.2, 0.25) is 0 Å². The number of aryl methyl sites for hydroxylation is 2. The van der Waals surface area contributed by atoms with Crippen LogP contribution in [0.25, 0.3) is 0 Å². The lowest BCUT2D eigenvalue weighted by Crippen LogP contribution is -2.45. The van der Waals surface area contributed by atoms with E-state index in [-0.39, 0.29) is 5.91 Å². The molecule has 1 atom stereocenters. The molecule has 0 spiro atoms. The van der Waals surface area contributed by atoms with Gasteiger partial charge in [0.05, 0.1) is 5.69 Å². The third-order valence-corrected chi connectivity index (χ3v) is 5.48. The summed E-state index contributed by atoms with van der Waals surface area (Å²) in [5.41, 5.74) is 7.15. The third-order valence-electron chi connectivity index (χ3n) is 4.41. The summed E-state index contributed by atoms with van der Waals surface area (Å²) in [4.78, 5) is 18.6. The minimum absolute atomic E-state index is 0.217. The molecule has 1 aliphatic rings. The average Bonchev–Trinajstić information content (AvgIpc) is 2.89. The molecule has 5 heteroatoms. The van der Waals surface area contributed by atoms with Gasteiger partial charge in [0.25, 0.3) is 5.91 Å². The number of carbonyl (C=O) groups excluding carboxylic acids is 1. The van der Waals surface area contributed by atoms with Crippen molar-refractivity contribution >= 4 is 22.4 Å². The SMILES string of the molecule is CC(N)(C(=O)Nc1nc2c(s1)CCCCCC2)c1ccccc1. The fraction of sp³-hybridized carbons (Fsp3) is 0.444. The smallest absolute Gasteiger partial charge is 0.250 e. The molecule has 0 bridgehead atoms. The number of carbonyl (C=O) groups is 1. The van der Waals surface area contributed by atoms with Gasteiger partial charge in [-0.25, -0.2) is 4.98 Å². The molecule has 3 N–H and O–H groups in total.